The second-order valence-electron chi connectivity index (χ2n) is 10.0. The van der Waals surface area contributed by atoms with E-state index in [-0.39, 0.29) is 12.1 Å². The van der Waals surface area contributed by atoms with Crippen LogP contribution in [0.4, 0.5) is 11.4 Å². The minimum atomic E-state index is -1.56. The molecule has 2 aromatic heterocycles. The summed E-state index contributed by atoms with van der Waals surface area (Å²) in [4.78, 5) is 4.50. The maximum absolute atomic E-state index is 10.0. The minimum Gasteiger partial charge on any atom is -0.377 e. The number of hydrogen-bond acceptors (Lipinski definition) is 7. The van der Waals surface area contributed by atoms with E-state index >= 15 is 0 Å². The van der Waals surface area contributed by atoms with Gasteiger partial charge in [-0.2, -0.15) is 10.5 Å². The van der Waals surface area contributed by atoms with Crippen LogP contribution in [-0.2, 0) is 0 Å². The predicted molar refractivity (Wildman–Crippen MR) is 159 cm³/mol. The number of aromatic nitrogens is 4. The molecule has 1 saturated carbocycles. The van der Waals surface area contributed by atoms with E-state index in [4.69, 9.17) is 11.6 Å². The molecular weight excluding hydrogens is 532 g/mol. The monoisotopic (exact) mass is 559 g/mol. The smallest absolute Gasteiger partial charge is 0.103 e. The molecule has 2 N–H and O–H groups in total. The van der Waals surface area contributed by atoms with Gasteiger partial charge in [0.15, 0.2) is 0 Å². The van der Waals surface area contributed by atoms with Crippen LogP contribution in [0, 0.1) is 22.7 Å². The Morgan fingerprint density at radius 2 is 1.83 bits per heavy atom. The van der Waals surface area contributed by atoms with Crippen LogP contribution in [0.5, 0.6) is 0 Å². The van der Waals surface area contributed by atoms with Crippen molar-refractivity contribution in [2.24, 2.45) is 0 Å². The number of halogens is 1. The zero-order valence-corrected chi connectivity index (χ0v) is 23.1. The second kappa shape index (κ2) is 11.3. The van der Waals surface area contributed by atoms with Gasteiger partial charge in [0.1, 0.15) is 6.07 Å². The number of nitrogens with zero attached hydrogens (tertiary/aromatic N) is 6. The molecule has 0 spiro atoms. The van der Waals surface area contributed by atoms with Crippen LogP contribution in [-0.4, -0.2) is 20.0 Å². The summed E-state index contributed by atoms with van der Waals surface area (Å²) in [5.41, 5.74) is 4.73. The predicted octanol–water partition coefficient (Wildman–Crippen LogP) is 7.32. The maximum atomic E-state index is 10.0. The van der Waals surface area contributed by atoms with Crippen LogP contribution < -0.4 is 10.6 Å². The second-order valence-corrected chi connectivity index (χ2v) is 10.4. The molecule has 0 saturated heterocycles. The summed E-state index contributed by atoms with van der Waals surface area (Å²) in [7, 11) is 0. The molecule has 0 aliphatic heterocycles. The Labute approximate surface area is 244 Å². The van der Waals surface area contributed by atoms with Gasteiger partial charge < -0.3 is 10.6 Å². The molecule has 0 bridgehead atoms. The molecule has 0 amide bonds. The highest BCUT2D eigenvalue weighted by Crippen LogP contribution is 2.40. The first-order valence-electron chi connectivity index (χ1n) is 14.0. The fourth-order valence-corrected chi connectivity index (χ4v) is 5.30. The van der Waals surface area contributed by atoms with E-state index in [1.165, 1.54) is 6.20 Å². The largest absolute Gasteiger partial charge is 0.377 e. The van der Waals surface area contributed by atoms with Crippen molar-refractivity contribution in [1.82, 2.24) is 20.0 Å². The van der Waals surface area contributed by atoms with E-state index in [1.54, 1.807) is 35.1 Å². The number of pyridine rings is 1. The molecule has 6 rings (SSSR count). The zero-order valence-electron chi connectivity index (χ0n) is 23.3. The number of benzene rings is 3. The molecule has 5 aromatic rings. The molecule has 1 aliphatic carbocycles. The number of nitrogens with one attached hydrogen (secondary N) is 2. The number of fused-ring (bicyclic) bond motifs is 1. The maximum Gasteiger partial charge on any atom is 0.103 e. The van der Waals surface area contributed by atoms with Gasteiger partial charge >= 0.3 is 0 Å². The van der Waals surface area contributed by atoms with Crippen LogP contribution in [0.15, 0.2) is 79.1 Å². The van der Waals surface area contributed by atoms with E-state index < -0.39 is 6.02 Å². The Balaban J connectivity index is 1.49. The van der Waals surface area contributed by atoms with E-state index in [0.717, 1.165) is 24.8 Å². The van der Waals surface area contributed by atoms with Gasteiger partial charge in [-0.1, -0.05) is 66.2 Å². The van der Waals surface area contributed by atoms with E-state index in [2.05, 4.69) is 57.1 Å². The Bertz CT molecular complexity index is 1850. The lowest BCUT2D eigenvalue weighted by molar-refractivity contribution is 0.574. The summed E-state index contributed by atoms with van der Waals surface area (Å²) in [6.45, 7) is 2.08. The van der Waals surface area contributed by atoms with Crippen molar-refractivity contribution in [3.8, 4) is 12.1 Å². The molecule has 9 heteroatoms. The first-order chi connectivity index (χ1) is 20.4. The Kier molecular flexibility index (Phi) is 6.90. The molecular formula is C32H27ClN8. The van der Waals surface area contributed by atoms with Gasteiger partial charge in [0, 0.05) is 17.3 Å². The molecule has 1 aliphatic rings. The number of anilines is 2. The molecule has 0 unspecified atom stereocenters. The molecule has 2 atom stereocenters. The van der Waals surface area contributed by atoms with Gasteiger partial charge in [0.25, 0.3) is 0 Å². The van der Waals surface area contributed by atoms with Crippen molar-refractivity contribution in [3.05, 3.63) is 112 Å². The van der Waals surface area contributed by atoms with Crippen molar-refractivity contribution in [3.63, 3.8) is 0 Å². The minimum absolute atomic E-state index is 0.0535. The molecule has 3 aromatic carbocycles. The van der Waals surface area contributed by atoms with Crippen molar-refractivity contribution in [2.75, 3.05) is 10.6 Å². The summed E-state index contributed by atoms with van der Waals surface area (Å²) >= 11 is 6.81. The lowest BCUT2D eigenvalue weighted by atomic mass is 10.00. The first kappa shape index (κ1) is 25.1. The van der Waals surface area contributed by atoms with Crippen molar-refractivity contribution >= 4 is 33.9 Å². The first-order valence-corrected chi connectivity index (χ1v) is 13.9. The highest BCUT2D eigenvalue weighted by Gasteiger charge is 2.30. The summed E-state index contributed by atoms with van der Waals surface area (Å²) in [5.74, 6) is 0. The average Bonchev–Trinajstić information content (AvgIpc) is 3.75. The highest BCUT2D eigenvalue weighted by molar-refractivity contribution is 6.35. The van der Waals surface area contributed by atoms with Gasteiger partial charge in [0.2, 0.25) is 0 Å². The molecule has 2 heterocycles. The average molecular weight is 560 g/mol. The summed E-state index contributed by atoms with van der Waals surface area (Å²) < 4.78 is 11.6. The van der Waals surface area contributed by atoms with Crippen LogP contribution in [0.1, 0.15) is 73.6 Å². The van der Waals surface area contributed by atoms with E-state index in [0.29, 0.717) is 49.7 Å². The lowest BCUT2D eigenvalue weighted by Crippen LogP contribution is -2.17. The van der Waals surface area contributed by atoms with Gasteiger partial charge in [-0.3, -0.25) is 4.98 Å². The van der Waals surface area contributed by atoms with Crippen molar-refractivity contribution in [1.29, 1.82) is 10.5 Å². The SMILES string of the molecule is [2H][C@@](Nc1cc(Cl)c2ncc(C#N)c(N[C@H](CC)c3ccccc3)c2c1)(c1cccc(C#N)c1)c1cnnn1C1CC1. The Morgan fingerprint density at radius 1 is 1.02 bits per heavy atom. The summed E-state index contributed by atoms with van der Waals surface area (Å²) in [5, 5.41) is 36.0. The fourth-order valence-electron chi connectivity index (χ4n) is 5.04. The number of rotatable bonds is 9. The fraction of sp³-hybridized carbons (Fsp3) is 0.219. The highest BCUT2D eigenvalue weighted by atomic mass is 35.5. The zero-order chi connectivity index (χ0) is 29.3. The number of hydrogen-bond donors (Lipinski definition) is 2. The Morgan fingerprint density at radius 3 is 2.56 bits per heavy atom. The van der Waals surface area contributed by atoms with Gasteiger partial charge in [0.05, 0.1) is 64.8 Å². The van der Waals surface area contributed by atoms with Crippen molar-refractivity contribution in [2.45, 2.75) is 44.3 Å². The lowest BCUT2D eigenvalue weighted by Gasteiger charge is -2.23. The Hall–Kier alpha value is -4.92. The van der Waals surface area contributed by atoms with Crippen LogP contribution in [0.2, 0.25) is 5.02 Å². The molecule has 1 fully saturated rings. The summed E-state index contributed by atoms with van der Waals surface area (Å²) in [6, 6.07) is 23.6. The van der Waals surface area contributed by atoms with E-state index in [9.17, 15) is 11.9 Å². The van der Waals surface area contributed by atoms with Crippen LogP contribution in [0.25, 0.3) is 10.9 Å². The molecule has 0 radical (unpaired) electrons. The standard InChI is InChI=1S/C32H27ClN8/c1-2-28(21-8-4-3-5-9-21)39-30-23(17-35)18-36-32-26(30)14-24(15-27(32)33)38-31(22-10-6-7-20(13-22)16-34)29-19-37-40-41(29)25-11-12-25/h3-10,13-15,18-19,25,28,31,38H,2,11-12H2,1H3,(H,36,39)/t28-,31-/m1/s1/i31D. The third kappa shape index (κ3) is 5.30. The van der Waals surface area contributed by atoms with Crippen LogP contribution in [0.3, 0.4) is 0 Å². The number of nitriles is 2. The normalized spacial score (nSPS) is 15.3. The quantitative estimate of drug-likeness (QED) is 0.194. The third-order valence-electron chi connectivity index (χ3n) is 7.25. The molecule has 8 nitrogen and oxygen atoms in total. The van der Waals surface area contributed by atoms with Gasteiger partial charge in [-0.05, 0) is 54.7 Å². The topological polar surface area (TPSA) is 115 Å². The molecule has 41 heavy (non-hydrogen) atoms. The third-order valence-corrected chi connectivity index (χ3v) is 7.54. The molecule has 202 valence electrons. The van der Waals surface area contributed by atoms with Crippen molar-refractivity contribution < 1.29 is 1.37 Å². The van der Waals surface area contributed by atoms with E-state index in [1.807, 2.05) is 30.3 Å². The van der Waals surface area contributed by atoms with Gasteiger partial charge in [-0.25, -0.2) is 4.68 Å². The summed E-state index contributed by atoms with van der Waals surface area (Å²) in [6.07, 6.45) is 5.83. The van der Waals surface area contributed by atoms with Crippen LogP contribution >= 0.6 is 11.6 Å². The van der Waals surface area contributed by atoms with Gasteiger partial charge in [-0.15, -0.1) is 5.10 Å².